The molecule has 0 amide bonds. The van der Waals surface area contributed by atoms with E-state index in [9.17, 15) is 23.3 Å². The van der Waals surface area contributed by atoms with Crippen molar-refractivity contribution in [2.75, 3.05) is 19.6 Å². The lowest BCUT2D eigenvalue weighted by atomic mass is 9.96. The van der Waals surface area contributed by atoms with Crippen molar-refractivity contribution >= 4 is 0 Å². The molecule has 0 saturated carbocycles. The van der Waals surface area contributed by atoms with Gasteiger partial charge in [-0.25, -0.2) is 0 Å². The third-order valence-corrected chi connectivity index (χ3v) is 2.93. The van der Waals surface area contributed by atoms with Crippen LogP contribution in [0.5, 0.6) is 0 Å². The number of alkyl halides is 3. The minimum Gasteiger partial charge on any atom is -0.297 e. The number of hydrogen-bond donors (Lipinski definition) is 0. The molecule has 1 rings (SSSR count). The third kappa shape index (κ3) is 3.62. The van der Waals surface area contributed by atoms with Crippen molar-refractivity contribution in [2.24, 2.45) is 5.92 Å². The maximum absolute atomic E-state index is 12.3. The molecule has 7 heteroatoms. The van der Waals surface area contributed by atoms with Crippen molar-refractivity contribution in [3.63, 3.8) is 0 Å². The Kier molecular flexibility index (Phi) is 4.12. The van der Waals surface area contributed by atoms with Crippen molar-refractivity contribution in [3.05, 3.63) is 10.1 Å². The Hall–Kier alpha value is -0.850. The minimum absolute atomic E-state index is 0.0495. The van der Waals surface area contributed by atoms with Gasteiger partial charge in [0.15, 0.2) is 0 Å². The average Bonchev–Trinajstić information content (AvgIpc) is 2.17. The summed E-state index contributed by atoms with van der Waals surface area (Å²) >= 11 is 0. The molecule has 1 aliphatic heterocycles. The van der Waals surface area contributed by atoms with E-state index in [0.29, 0.717) is 13.1 Å². The van der Waals surface area contributed by atoms with Crippen LogP contribution in [-0.2, 0) is 0 Å². The Labute approximate surface area is 91.6 Å². The first-order valence-electron chi connectivity index (χ1n) is 5.23. The van der Waals surface area contributed by atoms with Crippen LogP contribution in [0.1, 0.15) is 19.8 Å². The normalized spacial score (nSPS) is 22.0. The highest BCUT2D eigenvalue weighted by Gasteiger charge is 2.41. The summed E-state index contributed by atoms with van der Waals surface area (Å²) in [5.41, 5.74) is 0. The first-order chi connectivity index (χ1) is 7.30. The van der Waals surface area contributed by atoms with E-state index in [1.165, 1.54) is 6.92 Å². The zero-order chi connectivity index (χ0) is 12.3. The summed E-state index contributed by atoms with van der Waals surface area (Å²) in [4.78, 5) is 11.7. The van der Waals surface area contributed by atoms with Crippen LogP contribution in [0.3, 0.4) is 0 Å². The summed E-state index contributed by atoms with van der Waals surface area (Å²) in [5, 5.41) is 10.4. The maximum atomic E-state index is 12.3. The molecule has 0 aromatic heterocycles. The molecule has 1 saturated heterocycles. The summed E-state index contributed by atoms with van der Waals surface area (Å²) in [6, 6.07) is -0.720. The Morgan fingerprint density at radius 1 is 1.44 bits per heavy atom. The summed E-state index contributed by atoms with van der Waals surface area (Å²) in [5.74, 6) is -1.24. The van der Waals surface area contributed by atoms with Crippen LogP contribution >= 0.6 is 0 Å². The molecular formula is C9H15F3N2O2. The van der Waals surface area contributed by atoms with Crippen molar-refractivity contribution < 1.29 is 18.1 Å². The quantitative estimate of drug-likeness (QED) is 0.559. The molecule has 1 unspecified atom stereocenters. The Balaban J connectivity index is 2.35. The van der Waals surface area contributed by atoms with Gasteiger partial charge in [0.2, 0.25) is 6.04 Å². The highest BCUT2D eigenvalue weighted by molar-refractivity contribution is 4.77. The van der Waals surface area contributed by atoms with E-state index in [2.05, 4.69) is 0 Å². The second kappa shape index (κ2) is 4.99. The summed E-state index contributed by atoms with van der Waals surface area (Å²) < 4.78 is 37.0. The van der Waals surface area contributed by atoms with Gasteiger partial charge in [-0.1, -0.05) is 0 Å². The zero-order valence-electron chi connectivity index (χ0n) is 9.04. The van der Waals surface area contributed by atoms with Crippen LogP contribution in [0.2, 0.25) is 0 Å². The van der Waals surface area contributed by atoms with Gasteiger partial charge in [-0.3, -0.25) is 15.0 Å². The van der Waals surface area contributed by atoms with Gasteiger partial charge < -0.3 is 0 Å². The van der Waals surface area contributed by atoms with Gasteiger partial charge in [-0.15, -0.1) is 0 Å². The molecule has 0 radical (unpaired) electrons. The molecule has 0 spiro atoms. The molecule has 4 nitrogen and oxygen atoms in total. The lowest BCUT2D eigenvalue weighted by Gasteiger charge is -2.32. The van der Waals surface area contributed by atoms with Crippen LogP contribution in [0, 0.1) is 16.0 Å². The number of nitrogens with zero attached hydrogens (tertiary/aromatic N) is 2. The molecule has 0 aromatic carbocycles. The van der Waals surface area contributed by atoms with Crippen LogP contribution in [0.25, 0.3) is 0 Å². The van der Waals surface area contributed by atoms with Gasteiger partial charge >= 0.3 is 6.18 Å². The standard InChI is InChI=1S/C9H15F3N2O2/c1-7(14(15)16)6-13-4-2-8(3-5-13)9(10,11)12/h7-8H,2-6H2,1H3. The van der Waals surface area contributed by atoms with Crippen molar-refractivity contribution in [2.45, 2.75) is 32.0 Å². The largest absolute Gasteiger partial charge is 0.391 e. The van der Waals surface area contributed by atoms with Gasteiger partial charge in [0.1, 0.15) is 0 Å². The van der Waals surface area contributed by atoms with E-state index in [-0.39, 0.29) is 19.4 Å². The van der Waals surface area contributed by atoms with Crippen molar-refractivity contribution in [3.8, 4) is 0 Å². The average molecular weight is 240 g/mol. The van der Waals surface area contributed by atoms with Crippen LogP contribution in [0.15, 0.2) is 0 Å². The second-order valence-electron chi connectivity index (χ2n) is 4.25. The first kappa shape index (κ1) is 13.2. The number of hydrogen-bond acceptors (Lipinski definition) is 3. The fraction of sp³-hybridized carbons (Fsp3) is 1.00. The SMILES string of the molecule is CC(CN1CCC(C(F)(F)F)CC1)[N+](=O)[O-]. The second-order valence-corrected chi connectivity index (χ2v) is 4.25. The van der Waals surface area contributed by atoms with Gasteiger partial charge in [-0.05, 0) is 25.9 Å². The molecule has 0 bridgehead atoms. The number of halogens is 3. The fourth-order valence-corrected chi connectivity index (χ4v) is 1.88. The Morgan fingerprint density at radius 2 is 1.94 bits per heavy atom. The van der Waals surface area contributed by atoms with Crippen LogP contribution in [-0.4, -0.2) is 41.7 Å². The highest BCUT2D eigenvalue weighted by atomic mass is 19.4. The monoisotopic (exact) mass is 240 g/mol. The lowest BCUT2D eigenvalue weighted by molar-refractivity contribution is -0.518. The fourth-order valence-electron chi connectivity index (χ4n) is 1.88. The van der Waals surface area contributed by atoms with Gasteiger partial charge in [0.25, 0.3) is 0 Å². The molecule has 1 atom stereocenters. The molecule has 1 fully saturated rings. The zero-order valence-corrected chi connectivity index (χ0v) is 9.04. The molecule has 1 aliphatic rings. The topological polar surface area (TPSA) is 46.4 Å². The molecule has 16 heavy (non-hydrogen) atoms. The number of nitro groups is 1. The number of rotatable bonds is 3. The molecule has 0 aliphatic carbocycles. The summed E-state index contributed by atoms with van der Waals surface area (Å²) in [6.45, 7) is 2.29. The Morgan fingerprint density at radius 3 is 2.31 bits per heavy atom. The van der Waals surface area contributed by atoms with E-state index in [1.807, 2.05) is 0 Å². The van der Waals surface area contributed by atoms with Crippen molar-refractivity contribution in [1.29, 1.82) is 0 Å². The smallest absolute Gasteiger partial charge is 0.297 e. The number of likely N-dealkylation sites (tertiary alicyclic amines) is 1. The van der Waals surface area contributed by atoms with Crippen LogP contribution < -0.4 is 0 Å². The minimum atomic E-state index is -4.12. The highest BCUT2D eigenvalue weighted by Crippen LogP contribution is 2.33. The predicted molar refractivity (Wildman–Crippen MR) is 51.7 cm³/mol. The molecule has 1 heterocycles. The van der Waals surface area contributed by atoms with Gasteiger partial charge in [-0.2, -0.15) is 13.2 Å². The van der Waals surface area contributed by atoms with E-state index >= 15 is 0 Å². The van der Waals surface area contributed by atoms with E-state index in [1.54, 1.807) is 4.90 Å². The van der Waals surface area contributed by atoms with E-state index in [0.717, 1.165) is 0 Å². The lowest BCUT2D eigenvalue weighted by Crippen LogP contribution is -2.43. The van der Waals surface area contributed by atoms with Crippen LogP contribution in [0.4, 0.5) is 13.2 Å². The number of piperidine rings is 1. The Bertz CT molecular complexity index is 250. The van der Waals surface area contributed by atoms with E-state index in [4.69, 9.17) is 0 Å². The maximum Gasteiger partial charge on any atom is 0.391 e. The summed E-state index contributed by atoms with van der Waals surface area (Å²) in [7, 11) is 0. The molecular weight excluding hydrogens is 225 g/mol. The van der Waals surface area contributed by atoms with E-state index < -0.39 is 23.1 Å². The molecule has 0 aromatic rings. The summed E-state index contributed by atoms with van der Waals surface area (Å²) in [6.07, 6.45) is -4.03. The molecule has 0 N–H and O–H groups in total. The van der Waals surface area contributed by atoms with Gasteiger partial charge in [0, 0.05) is 11.8 Å². The van der Waals surface area contributed by atoms with Crippen molar-refractivity contribution in [1.82, 2.24) is 4.90 Å². The van der Waals surface area contributed by atoms with Gasteiger partial charge in [0.05, 0.1) is 12.5 Å². The predicted octanol–water partition coefficient (Wildman–Crippen LogP) is 1.93. The third-order valence-electron chi connectivity index (χ3n) is 2.93. The first-order valence-corrected chi connectivity index (χ1v) is 5.23. The molecule has 94 valence electrons.